The Balaban J connectivity index is 1.95. The van der Waals surface area contributed by atoms with E-state index in [1.165, 1.54) is 16.7 Å². The van der Waals surface area contributed by atoms with Gasteiger partial charge in [0.1, 0.15) is 6.04 Å². The van der Waals surface area contributed by atoms with E-state index in [9.17, 15) is 14.4 Å². The average molecular weight is 336 g/mol. The first-order valence-electron chi connectivity index (χ1n) is 8.18. The molecule has 0 aromatic heterocycles. The molecule has 3 amide bonds. The number of rotatable bonds is 3. The Morgan fingerprint density at radius 1 is 0.960 bits per heavy atom. The molecule has 5 heteroatoms. The first-order valence-corrected chi connectivity index (χ1v) is 8.18. The molecule has 5 nitrogen and oxygen atoms in total. The van der Waals surface area contributed by atoms with Crippen molar-refractivity contribution in [2.45, 2.75) is 33.2 Å². The van der Waals surface area contributed by atoms with Gasteiger partial charge in [0.2, 0.25) is 11.8 Å². The summed E-state index contributed by atoms with van der Waals surface area (Å²) in [6.45, 7) is 5.30. The third-order valence-electron chi connectivity index (χ3n) is 4.38. The predicted molar refractivity (Wildman–Crippen MR) is 96.4 cm³/mol. The van der Waals surface area contributed by atoms with Crippen LogP contribution in [0.25, 0.3) is 0 Å². The Kier molecular flexibility index (Phi) is 4.40. The van der Waals surface area contributed by atoms with E-state index >= 15 is 0 Å². The molecule has 0 unspecified atom stereocenters. The van der Waals surface area contributed by atoms with Crippen molar-refractivity contribution in [1.82, 2.24) is 0 Å². The Bertz CT molecular complexity index is 825. The monoisotopic (exact) mass is 336 g/mol. The number of amides is 3. The van der Waals surface area contributed by atoms with E-state index in [0.717, 1.165) is 11.1 Å². The minimum atomic E-state index is -0.811. The highest BCUT2D eigenvalue weighted by atomic mass is 16.2. The van der Waals surface area contributed by atoms with Crippen LogP contribution in [0, 0.1) is 13.8 Å². The molecule has 25 heavy (non-hydrogen) atoms. The summed E-state index contributed by atoms with van der Waals surface area (Å²) in [5, 5.41) is 0. The lowest BCUT2D eigenvalue weighted by Gasteiger charge is -2.26. The quantitative estimate of drug-likeness (QED) is 0.810. The fourth-order valence-electron chi connectivity index (χ4n) is 3.07. The molecule has 128 valence electrons. The first kappa shape index (κ1) is 16.9. The Hall–Kier alpha value is -2.95. The number of benzene rings is 2. The Morgan fingerprint density at radius 2 is 1.48 bits per heavy atom. The average Bonchev–Trinajstić information content (AvgIpc) is 2.85. The minimum absolute atomic E-state index is 0.0137. The van der Waals surface area contributed by atoms with Gasteiger partial charge in [0, 0.05) is 12.6 Å². The second kappa shape index (κ2) is 6.51. The summed E-state index contributed by atoms with van der Waals surface area (Å²) >= 11 is 0. The van der Waals surface area contributed by atoms with E-state index in [0.29, 0.717) is 11.4 Å². The lowest BCUT2D eigenvalue weighted by molar-refractivity contribution is -0.123. The van der Waals surface area contributed by atoms with Crippen LogP contribution in [-0.2, 0) is 14.4 Å². The fraction of sp³-hybridized carbons (Fsp3) is 0.250. The molecule has 1 saturated heterocycles. The van der Waals surface area contributed by atoms with E-state index < -0.39 is 6.04 Å². The van der Waals surface area contributed by atoms with Gasteiger partial charge in [-0.3, -0.25) is 19.3 Å². The van der Waals surface area contributed by atoms with E-state index in [4.69, 9.17) is 0 Å². The van der Waals surface area contributed by atoms with Crippen molar-refractivity contribution in [3.8, 4) is 0 Å². The van der Waals surface area contributed by atoms with Gasteiger partial charge in [-0.05, 0) is 38.1 Å². The number of carbonyl (C=O) groups is 3. The van der Waals surface area contributed by atoms with Gasteiger partial charge in [0.25, 0.3) is 5.91 Å². The van der Waals surface area contributed by atoms with E-state index in [1.54, 1.807) is 24.3 Å². The van der Waals surface area contributed by atoms with Crippen LogP contribution in [0.4, 0.5) is 11.4 Å². The molecule has 1 aliphatic heterocycles. The summed E-state index contributed by atoms with van der Waals surface area (Å²) in [5.74, 6) is -0.928. The van der Waals surface area contributed by atoms with Crippen LogP contribution in [0.1, 0.15) is 24.5 Å². The number of nitrogens with zero attached hydrogens (tertiary/aromatic N) is 2. The van der Waals surface area contributed by atoms with Crippen LogP contribution in [0.2, 0.25) is 0 Å². The SMILES string of the molecule is CC(=O)N(c1ccc(C)cc1)[C@@H]1CC(=O)N(c2ccc(C)cc2)C1=O. The molecule has 1 atom stereocenters. The van der Waals surface area contributed by atoms with Gasteiger partial charge >= 0.3 is 0 Å². The zero-order valence-electron chi connectivity index (χ0n) is 14.5. The van der Waals surface area contributed by atoms with E-state index in [-0.39, 0.29) is 24.1 Å². The fourth-order valence-corrected chi connectivity index (χ4v) is 3.07. The topological polar surface area (TPSA) is 57.7 Å². The van der Waals surface area contributed by atoms with Crippen molar-refractivity contribution in [3.05, 3.63) is 59.7 Å². The molecule has 2 aromatic carbocycles. The van der Waals surface area contributed by atoms with Crippen LogP contribution in [0.3, 0.4) is 0 Å². The van der Waals surface area contributed by atoms with Crippen LogP contribution in [-0.4, -0.2) is 23.8 Å². The second-order valence-corrected chi connectivity index (χ2v) is 6.35. The zero-order valence-corrected chi connectivity index (χ0v) is 14.5. The van der Waals surface area contributed by atoms with Crippen molar-refractivity contribution in [1.29, 1.82) is 0 Å². The molecule has 0 aliphatic carbocycles. The number of carbonyl (C=O) groups excluding carboxylic acids is 3. The molecule has 0 bridgehead atoms. The third-order valence-corrected chi connectivity index (χ3v) is 4.38. The highest BCUT2D eigenvalue weighted by Crippen LogP contribution is 2.29. The number of hydrogen-bond acceptors (Lipinski definition) is 3. The van der Waals surface area contributed by atoms with Gasteiger partial charge < -0.3 is 0 Å². The van der Waals surface area contributed by atoms with Crippen molar-refractivity contribution in [2.24, 2.45) is 0 Å². The standard InChI is InChI=1S/C20H20N2O3/c1-13-4-8-16(9-5-13)21(15(3)23)18-12-19(24)22(20(18)25)17-10-6-14(2)7-11-17/h4-11,18H,12H2,1-3H3/t18-/m1/s1. The normalized spacial score (nSPS) is 17.1. The molecule has 1 fully saturated rings. The number of imide groups is 1. The summed E-state index contributed by atoms with van der Waals surface area (Å²) in [4.78, 5) is 40.1. The van der Waals surface area contributed by atoms with Gasteiger partial charge in [-0.25, -0.2) is 4.90 Å². The summed E-state index contributed by atoms with van der Waals surface area (Å²) in [6.07, 6.45) is -0.0137. The van der Waals surface area contributed by atoms with Crippen LogP contribution in [0.5, 0.6) is 0 Å². The molecule has 1 aliphatic rings. The number of anilines is 2. The molecule has 0 spiro atoms. The maximum Gasteiger partial charge on any atom is 0.257 e. The number of aryl methyl sites for hydroxylation is 2. The smallest absolute Gasteiger partial charge is 0.257 e. The highest BCUT2D eigenvalue weighted by Gasteiger charge is 2.44. The maximum atomic E-state index is 12.9. The lowest BCUT2D eigenvalue weighted by Crippen LogP contribution is -2.44. The predicted octanol–water partition coefficient (Wildman–Crippen LogP) is 2.99. The highest BCUT2D eigenvalue weighted by molar-refractivity contribution is 6.24. The molecule has 0 saturated carbocycles. The molecular weight excluding hydrogens is 316 g/mol. The van der Waals surface area contributed by atoms with E-state index in [2.05, 4.69) is 0 Å². The molecular formula is C20H20N2O3. The van der Waals surface area contributed by atoms with E-state index in [1.807, 2.05) is 38.1 Å². The lowest BCUT2D eigenvalue weighted by atomic mass is 10.1. The zero-order chi connectivity index (χ0) is 18.1. The van der Waals surface area contributed by atoms with Gasteiger partial charge in [0.05, 0.1) is 12.1 Å². The maximum absolute atomic E-state index is 12.9. The Morgan fingerprint density at radius 3 is 2.00 bits per heavy atom. The van der Waals surface area contributed by atoms with Crippen LogP contribution in [0.15, 0.2) is 48.5 Å². The van der Waals surface area contributed by atoms with Crippen LogP contribution < -0.4 is 9.80 Å². The first-order chi connectivity index (χ1) is 11.9. The summed E-state index contributed by atoms with van der Waals surface area (Å²) in [5.41, 5.74) is 3.26. The largest absolute Gasteiger partial charge is 0.300 e. The summed E-state index contributed by atoms with van der Waals surface area (Å²) < 4.78 is 0. The Labute approximate surface area is 146 Å². The molecule has 0 radical (unpaired) electrons. The summed E-state index contributed by atoms with van der Waals surface area (Å²) in [7, 11) is 0. The van der Waals surface area contributed by atoms with Crippen LogP contribution >= 0.6 is 0 Å². The minimum Gasteiger partial charge on any atom is -0.300 e. The van der Waals surface area contributed by atoms with Gasteiger partial charge in [-0.1, -0.05) is 35.4 Å². The summed E-state index contributed by atoms with van der Waals surface area (Å²) in [6, 6.07) is 13.7. The van der Waals surface area contributed by atoms with Crippen molar-refractivity contribution < 1.29 is 14.4 Å². The third kappa shape index (κ3) is 3.18. The second-order valence-electron chi connectivity index (χ2n) is 6.35. The van der Waals surface area contributed by atoms with Gasteiger partial charge in [-0.15, -0.1) is 0 Å². The van der Waals surface area contributed by atoms with Crippen molar-refractivity contribution in [2.75, 3.05) is 9.80 Å². The molecule has 1 heterocycles. The van der Waals surface area contributed by atoms with Gasteiger partial charge in [0.15, 0.2) is 0 Å². The molecule has 0 N–H and O–H groups in total. The van der Waals surface area contributed by atoms with Gasteiger partial charge in [-0.2, -0.15) is 0 Å². The molecule has 3 rings (SSSR count). The van der Waals surface area contributed by atoms with Crippen molar-refractivity contribution >= 4 is 29.1 Å². The number of hydrogen-bond donors (Lipinski definition) is 0. The van der Waals surface area contributed by atoms with Crippen molar-refractivity contribution in [3.63, 3.8) is 0 Å². The molecule has 2 aromatic rings.